The topological polar surface area (TPSA) is 9.23 Å². The summed E-state index contributed by atoms with van der Waals surface area (Å²) in [5.41, 5.74) is 2.15. The van der Waals surface area contributed by atoms with Gasteiger partial charge in [-0.2, -0.15) is 4.39 Å². The van der Waals surface area contributed by atoms with Crippen LogP contribution in [-0.2, 0) is 6.42 Å². The molecule has 0 amide bonds. The zero-order valence-corrected chi connectivity index (χ0v) is 22.3. The molecule has 0 N–H and O–H groups in total. The highest BCUT2D eigenvalue weighted by Gasteiger charge is 2.31. The third-order valence-electron chi connectivity index (χ3n) is 8.46. The third kappa shape index (κ3) is 5.84. The molecule has 2 aliphatic rings. The zero-order chi connectivity index (χ0) is 25.8. The van der Waals surface area contributed by atoms with Crippen LogP contribution < -0.4 is 4.74 Å². The summed E-state index contributed by atoms with van der Waals surface area (Å²) in [4.78, 5) is 0. The van der Waals surface area contributed by atoms with Gasteiger partial charge in [-0.15, -0.1) is 0 Å². The lowest BCUT2D eigenvalue weighted by Gasteiger charge is -2.30. The Morgan fingerprint density at radius 3 is 2.33 bits per heavy atom. The minimum atomic E-state index is -0.983. The standard InChI is InChI=1S/C32H41F3O/c1-5-7-22-11-14-23(15-12-22)27-19-26-18-25-17-16-24(13-10-21(4)9-8-20(3)6-2)28(33)31(25)36-32(26)30(35)29(27)34/h10,13,16-17,19-23H,5-9,11-12,14-15,18H2,1-4H3/b13-10+. The van der Waals surface area contributed by atoms with Gasteiger partial charge in [-0.3, -0.25) is 0 Å². The molecule has 36 heavy (non-hydrogen) atoms. The lowest BCUT2D eigenvalue weighted by Crippen LogP contribution is -2.16. The summed E-state index contributed by atoms with van der Waals surface area (Å²) < 4.78 is 51.5. The van der Waals surface area contributed by atoms with E-state index in [-0.39, 0.29) is 17.4 Å². The Labute approximate surface area is 215 Å². The van der Waals surface area contributed by atoms with E-state index in [9.17, 15) is 0 Å². The molecule has 0 aromatic heterocycles. The molecule has 0 saturated heterocycles. The largest absolute Gasteiger partial charge is 0.450 e. The molecule has 1 aliphatic heterocycles. The first-order valence-electron chi connectivity index (χ1n) is 14.0. The van der Waals surface area contributed by atoms with E-state index in [1.165, 1.54) is 12.8 Å². The number of ether oxygens (including phenoxy) is 1. The molecule has 1 nitrogen and oxygen atoms in total. The Morgan fingerprint density at radius 1 is 0.917 bits per heavy atom. The van der Waals surface area contributed by atoms with E-state index in [0.717, 1.165) is 44.9 Å². The molecule has 1 heterocycles. The number of halogens is 3. The van der Waals surface area contributed by atoms with Gasteiger partial charge in [0.15, 0.2) is 23.1 Å². The molecule has 1 saturated carbocycles. The predicted molar refractivity (Wildman–Crippen MR) is 142 cm³/mol. The van der Waals surface area contributed by atoms with Gasteiger partial charge in [0.2, 0.25) is 5.82 Å². The van der Waals surface area contributed by atoms with Gasteiger partial charge >= 0.3 is 0 Å². The second kappa shape index (κ2) is 11.9. The average Bonchev–Trinajstić information content (AvgIpc) is 2.89. The quantitative estimate of drug-likeness (QED) is 0.285. The van der Waals surface area contributed by atoms with Crippen LogP contribution in [0.5, 0.6) is 11.5 Å². The fourth-order valence-corrected chi connectivity index (χ4v) is 5.81. The van der Waals surface area contributed by atoms with Crippen molar-refractivity contribution in [3.8, 4) is 11.5 Å². The Hall–Kier alpha value is -2.23. The van der Waals surface area contributed by atoms with E-state index in [4.69, 9.17) is 4.74 Å². The summed E-state index contributed by atoms with van der Waals surface area (Å²) in [6.07, 6.45) is 13.8. The summed E-state index contributed by atoms with van der Waals surface area (Å²) in [6.45, 7) is 8.77. The third-order valence-corrected chi connectivity index (χ3v) is 8.46. The average molecular weight is 499 g/mol. The Morgan fingerprint density at radius 2 is 1.64 bits per heavy atom. The van der Waals surface area contributed by atoms with Crippen LogP contribution in [0.3, 0.4) is 0 Å². The first-order chi connectivity index (χ1) is 17.3. The lowest BCUT2D eigenvalue weighted by atomic mass is 9.76. The number of fused-ring (bicyclic) bond motifs is 2. The number of hydrogen-bond acceptors (Lipinski definition) is 1. The first kappa shape index (κ1) is 26.8. The van der Waals surface area contributed by atoms with Crippen LogP contribution in [-0.4, -0.2) is 0 Å². The summed E-state index contributed by atoms with van der Waals surface area (Å²) in [7, 11) is 0. The van der Waals surface area contributed by atoms with Gasteiger partial charge in [-0.25, -0.2) is 8.78 Å². The van der Waals surface area contributed by atoms with Crippen molar-refractivity contribution < 1.29 is 17.9 Å². The fraction of sp³-hybridized carbons (Fsp3) is 0.562. The number of hydrogen-bond donors (Lipinski definition) is 0. The van der Waals surface area contributed by atoms with Gasteiger partial charge in [0.05, 0.1) is 0 Å². The molecule has 0 bridgehead atoms. The molecule has 2 aromatic carbocycles. The van der Waals surface area contributed by atoms with Crippen LogP contribution in [0.2, 0.25) is 0 Å². The number of allylic oxidation sites excluding steroid dienone is 1. The molecule has 4 rings (SSSR count). The van der Waals surface area contributed by atoms with Crippen molar-refractivity contribution in [2.24, 2.45) is 17.8 Å². The summed E-state index contributed by atoms with van der Waals surface area (Å²) in [5.74, 6) is -0.729. The summed E-state index contributed by atoms with van der Waals surface area (Å²) in [5, 5.41) is 0. The monoisotopic (exact) mass is 498 g/mol. The van der Waals surface area contributed by atoms with E-state index in [1.807, 2.05) is 12.1 Å². The van der Waals surface area contributed by atoms with Crippen molar-refractivity contribution in [1.82, 2.24) is 0 Å². The molecule has 2 unspecified atom stereocenters. The lowest BCUT2D eigenvalue weighted by molar-refractivity contribution is 0.301. The Balaban J connectivity index is 1.52. The van der Waals surface area contributed by atoms with E-state index < -0.39 is 17.5 Å². The molecule has 2 atom stereocenters. The fourth-order valence-electron chi connectivity index (χ4n) is 5.81. The van der Waals surface area contributed by atoms with Gasteiger partial charge in [0.1, 0.15) is 0 Å². The highest BCUT2D eigenvalue weighted by molar-refractivity contribution is 5.60. The molecule has 0 spiro atoms. The van der Waals surface area contributed by atoms with Crippen LogP contribution in [0.15, 0.2) is 24.3 Å². The van der Waals surface area contributed by atoms with Crippen LogP contribution in [0.1, 0.15) is 114 Å². The minimum Gasteiger partial charge on any atom is -0.450 e. The smallest absolute Gasteiger partial charge is 0.201 e. The molecule has 1 fully saturated rings. The maximum atomic E-state index is 15.4. The van der Waals surface area contributed by atoms with Crippen LogP contribution >= 0.6 is 0 Å². The van der Waals surface area contributed by atoms with Gasteiger partial charge in [0.25, 0.3) is 0 Å². The van der Waals surface area contributed by atoms with Crippen molar-refractivity contribution in [3.63, 3.8) is 0 Å². The predicted octanol–water partition coefficient (Wildman–Crippen LogP) is 10.3. The van der Waals surface area contributed by atoms with Crippen LogP contribution in [0, 0.1) is 35.2 Å². The maximum absolute atomic E-state index is 15.4. The first-order valence-corrected chi connectivity index (χ1v) is 14.0. The molecular formula is C32H41F3O. The van der Waals surface area contributed by atoms with Crippen molar-refractivity contribution in [2.75, 3.05) is 0 Å². The van der Waals surface area contributed by atoms with Gasteiger partial charge in [0, 0.05) is 23.1 Å². The van der Waals surface area contributed by atoms with Crippen LogP contribution in [0.25, 0.3) is 6.08 Å². The SMILES string of the molecule is CCCC1CCC(c2cc3c(c(F)c2F)Oc2c(ccc(/C=C/C(C)CCC(C)CC)c2F)C3)CC1. The second-order valence-corrected chi connectivity index (χ2v) is 11.3. The molecular weight excluding hydrogens is 457 g/mol. The number of benzene rings is 2. The van der Waals surface area contributed by atoms with Gasteiger partial charge in [-0.05, 0) is 67.4 Å². The summed E-state index contributed by atoms with van der Waals surface area (Å²) >= 11 is 0. The summed E-state index contributed by atoms with van der Waals surface area (Å²) in [6, 6.07) is 5.38. The van der Waals surface area contributed by atoms with E-state index in [2.05, 4.69) is 27.7 Å². The molecule has 196 valence electrons. The van der Waals surface area contributed by atoms with Crippen molar-refractivity contribution >= 4 is 6.08 Å². The van der Waals surface area contributed by atoms with Crippen molar-refractivity contribution in [3.05, 3.63) is 64.0 Å². The van der Waals surface area contributed by atoms with E-state index >= 15 is 13.2 Å². The zero-order valence-electron chi connectivity index (χ0n) is 22.3. The molecule has 0 radical (unpaired) electrons. The van der Waals surface area contributed by atoms with E-state index in [0.29, 0.717) is 46.4 Å². The molecule has 2 aromatic rings. The molecule has 4 heteroatoms. The Bertz CT molecular complexity index is 1080. The minimum absolute atomic E-state index is 0.0167. The van der Waals surface area contributed by atoms with Gasteiger partial charge in [-0.1, -0.05) is 77.7 Å². The highest BCUT2D eigenvalue weighted by Crippen LogP contribution is 2.45. The Kier molecular flexibility index (Phi) is 8.85. The van der Waals surface area contributed by atoms with Crippen molar-refractivity contribution in [2.45, 2.75) is 97.8 Å². The normalized spacial score (nSPS) is 21.1. The second-order valence-electron chi connectivity index (χ2n) is 11.3. The molecule has 1 aliphatic carbocycles. The number of rotatable bonds is 9. The maximum Gasteiger partial charge on any atom is 0.201 e. The highest BCUT2D eigenvalue weighted by atomic mass is 19.2. The van der Waals surface area contributed by atoms with Gasteiger partial charge < -0.3 is 4.74 Å². The van der Waals surface area contributed by atoms with Crippen LogP contribution in [0.4, 0.5) is 13.2 Å². The van der Waals surface area contributed by atoms with E-state index in [1.54, 1.807) is 18.2 Å². The van der Waals surface area contributed by atoms with Crippen molar-refractivity contribution in [1.29, 1.82) is 0 Å².